The van der Waals surface area contributed by atoms with Gasteiger partial charge in [0.25, 0.3) is 0 Å². The van der Waals surface area contributed by atoms with Gasteiger partial charge in [0, 0.05) is 24.2 Å². The summed E-state index contributed by atoms with van der Waals surface area (Å²) < 4.78 is 13.1. The van der Waals surface area contributed by atoms with Crippen LogP contribution in [0.4, 0.5) is 4.39 Å². The summed E-state index contributed by atoms with van der Waals surface area (Å²) in [6.07, 6.45) is 2.69. The van der Waals surface area contributed by atoms with E-state index in [4.69, 9.17) is 0 Å². The molecule has 0 aliphatic rings. The molecule has 0 fully saturated rings. The lowest BCUT2D eigenvalue weighted by atomic mass is 10.1. The van der Waals surface area contributed by atoms with Crippen LogP contribution in [0.2, 0.25) is 0 Å². The molecule has 0 aliphatic heterocycles. The molecule has 24 heavy (non-hydrogen) atoms. The first-order valence-electron chi connectivity index (χ1n) is 7.77. The number of benzene rings is 1. The molecule has 1 heterocycles. The molecule has 2 aromatic rings. The molecule has 0 amide bonds. The van der Waals surface area contributed by atoms with Gasteiger partial charge in [-0.3, -0.25) is 0 Å². The highest BCUT2D eigenvalue weighted by molar-refractivity contribution is 14.0. The van der Waals surface area contributed by atoms with E-state index in [2.05, 4.69) is 20.6 Å². The normalized spacial score (nSPS) is 11.1. The Balaban J connectivity index is 0.00000288. The van der Waals surface area contributed by atoms with E-state index in [-0.39, 0.29) is 29.8 Å². The number of hydrogen-bond acceptors (Lipinski definition) is 3. The number of aromatic nitrogens is 1. The Morgan fingerprint density at radius 2 is 2.08 bits per heavy atom. The molecule has 1 aromatic heterocycles. The number of rotatable bonds is 6. The first-order valence-corrected chi connectivity index (χ1v) is 8.58. The number of guanidine groups is 1. The van der Waals surface area contributed by atoms with Gasteiger partial charge in [0.1, 0.15) is 10.8 Å². The maximum atomic E-state index is 13.1. The van der Waals surface area contributed by atoms with Crippen LogP contribution in [0, 0.1) is 19.7 Å². The molecule has 0 aliphatic carbocycles. The Morgan fingerprint density at radius 1 is 1.29 bits per heavy atom. The summed E-state index contributed by atoms with van der Waals surface area (Å²) in [5, 5.41) is 7.54. The minimum atomic E-state index is -0.187. The highest BCUT2D eigenvalue weighted by Crippen LogP contribution is 2.12. The SMILES string of the molecule is CCNC(=NCc1ncc(C)s1)NCCc1ccc(F)cc1C.I. The smallest absolute Gasteiger partial charge is 0.191 e. The molecule has 2 rings (SSSR count). The lowest BCUT2D eigenvalue weighted by Crippen LogP contribution is -2.38. The molecule has 7 heteroatoms. The second-order valence-corrected chi connectivity index (χ2v) is 6.63. The van der Waals surface area contributed by atoms with Gasteiger partial charge in [-0.05, 0) is 50.5 Å². The van der Waals surface area contributed by atoms with Crippen molar-refractivity contribution >= 4 is 41.3 Å². The van der Waals surface area contributed by atoms with Gasteiger partial charge in [-0.1, -0.05) is 6.07 Å². The van der Waals surface area contributed by atoms with Crippen molar-refractivity contribution in [2.24, 2.45) is 4.99 Å². The van der Waals surface area contributed by atoms with Crippen LogP contribution in [-0.4, -0.2) is 24.0 Å². The largest absolute Gasteiger partial charge is 0.357 e. The zero-order chi connectivity index (χ0) is 16.7. The molecule has 0 radical (unpaired) electrons. The molecular formula is C17H24FIN4S. The van der Waals surface area contributed by atoms with E-state index in [1.165, 1.54) is 10.9 Å². The van der Waals surface area contributed by atoms with Crippen LogP contribution in [0.3, 0.4) is 0 Å². The van der Waals surface area contributed by atoms with Gasteiger partial charge < -0.3 is 10.6 Å². The Morgan fingerprint density at radius 3 is 2.71 bits per heavy atom. The van der Waals surface area contributed by atoms with Gasteiger partial charge >= 0.3 is 0 Å². The minimum absolute atomic E-state index is 0. The van der Waals surface area contributed by atoms with Crippen molar-refractivity contribution in [2.75, 3.05) is 13.1 Å². The quantitative estimate of drug-likeness (QED) is 0.390. The fraction of sp³-hybridized carbons (Fsp3) is 0.412. The second kappa shape index (κ2) is 10.6. The number of thiazole rings is 1. The highest BCUT2D eigenvalue weighted by atomic mass is 127. The fourth-order valence-electron chi connectivity index (χ4n) is 2.22. The number of aliphatic imine (C=N–C) groups is 1. The lowest BCUT2D eigenvalue weighted by Gasteiger charge is -2.12. The third-order valence-corrected chi connectivity index (χ3v) is 4.27. The summed E-state index contributed by atoms with van der Waals surface area (Å²) in [5.74, 6) is 0.591. The minimum Gasteiger partial charge on any atom is -0.357 e. The topological polar surface area (TPSA) is 49.3 Å². The molecule has 1 aromatic carbocycles. The van der Waals surface area contributed by atoms with E-state index in [9.17, 15) is 4.39 Å². The van der Waals surface area contributed by atoms with Crippen molar-refractivity contribution in [3.05, 3.63) is 51.2 Å². The predicted molar refractivity (Wildman–Crippen MR) is 110 cm³/mol. The summed E-state index contributed by atoms with van der Waals surface area (Å²) in [5.41, 5.74) is 2.12. The molecular weight excluding hydrogens is 438 g/mol. The first kappa shape index (κ1) is 20.8. The van der Waals surface area contributed by atoms with Gasteiger partial charge in [0.15, 0.2) is 5.96 Å². The Hall–Kier alpha value is -1.22. The van der Waals surface area contributed by atoms with Gasteiger partial charge in [0.2, 0.25) is 0 Å². The summed E-state index contributed by atoms with van der Waals surface area (Å²) >= 11 is 1.66. The van der Waals surface area contributed by atoms with Crippen molar-refractivity contribution in [3.63, 3.8) is 0 Å². The Labute approximate surface area is 164 Å². The van der Waals surface area contributed by atoms with Gasteiger partial charge in [-0.2, -0.15) is 0 Å². The zero-order valence-corrected chi connectivity index (χ0v) is 17.4. The molecule has 0 saturated heterocycles. The van der Waals surface area contributed by atoms with Crippen LogP contribution in [-0.2, 0) is 13.0 Å². The van der Waals surface area contributed by atoms with Gasteiger partial charge in [-0.25, -0.2) is 14.4 Å². The van der Waals surface area contributed by atoms with Crippen LogP contribution in [0.25, 0.3) is 0 Å². The van der Waals surface area contributed by atoms with Crippen molar-refractivity contribution in [1.82, 2.24) is 15.6 Å². The molecule has 2 N–H and O–H groups in total. The van der Waals surface area contributed by atoms with Crippen LogP contribution >= 0.6 is 35.3 Å². The van der Waals surface area contributed by atoms with Crippen molar-refractivity contribution in [1.29, 1.82) is 0 Å². The number of nitrogens with zero attached hydrogens (tertiary/aromatic N) is 2. The molecule has 0 unspecified atom stereocenters. The highest BCUT2D eigenvalue weighted by Gasteiger charge is 2.03. The van der Waals surface area contributed by atoms with E-state index in [0.717, 1.165) is 41.6 Å². The van der Waals surface area contributed by atoms with Crippen molar-refractivity contribution < 1.29 is 4.39 Å². The maximum absolute atomic E-state index is 13.1. The summed E-state index contributed by atoms with van der Waals surface area (Å²) in [6.45, 7) is 8.13. The summed E-state index contributed by atoms with van der Waals surface area (Å²) in [4.78, 5) is 10.1. The fourth-order valence-corrected chi connectivity index (χ4v) is 2.93. The number of halogens is 2. The molecule has 0 bridgehead atoms. The van der Waals surface area contributed by atoms with E-state index < -0.39 is 0 Å². The van der Waals surface area contributed by atoms with Crippen molar-refractivity contribution in [2.45, 2.75) is 33.7 Å². The van der Waals surface area contributed by atoms with Crippen LogP contribution in [0.1, 0.15) is 27.9 Å². The lowest BCUT2D eigenvalue weighted by molar-refractivity contribution is 0.625. The summed E-state index contributed by atoms with van der Waals surface area (Å²) in [7, 11) is 0. The van der Waals surface area contributed by atoms with E-state index in [1.54, 1.807) is 17.4 Å². The number of aryl methyl sites for hydroxylation is 2. The number of nitrogens with one attached hydrogen (secondary N) is 2. The van der Waals surface area contributed by atoms with Gasteiger partial charge in [-0.15, -0.1) is 35.3 Å². The maximum Gasteiger partial charge on any atom is 0.191 e. The molecule has 0 saturated carbocycles. The first-order chi connectivity index (χ1) is 11.1. The molecule has 0 spiro atoms. The van der Waals surface area contributed by atoms with Crippen LogP contribution < -0.4 is 10.6 Å². The van der Waals surface area contributed by atoms with Crippen molar-refractivity contribution in [3.8, 4) is 0 Å². The Bertz CT molecular complexity index is 672. The third-order valence-electron chi connectivity index (χ3n) is 3.38. The van der Waals surface area contributed by atoms with Crippen LogP contribution in [0.5, 0.6) is 0 Å². The Kier molecular flexibility index (Phi) is 9.20. The summed E-state index contributed by atoms with van der Waals surface area (Å²) in [6, 6.07) is 4.92. The van der Waals surface area contributed by atoms with Gasteiger partial charge in [0.05, 0.1) is 6.54 Å². The average Bonchev–Trinajstić information content (AvgIpc) is 2.92. The second-order valence-electron chi connectivity index (χ2n) is 5.31. The molecule has 132 valence electrons. The zero-order valence-electron chi connectivity index (χ0n) is 14.2. The van der Waals surface area contributed by atoms with E-state index >= 15 is 0 Å². The number of hydrogen-bond donors (Lipinski definition) is 2. The monoisotopic (exact) mass is 462 g/mol. The van der Waals surface area contributed by atoms with E-state index in [1.807, 2.05) is 33.0 Å². The molecule has 0 atom stereocenters. The predicted octanol–water partition coefficient (Wildman–Crippen LogP) is 3.81. The van der Waals surface area contributed by atoms with Crippen LogP contribution in [0.15, 0.2) is 29.4 Å². The molecule has 4 nitrogen and oxygen atoms in total. The third kappa shape index (κ3) is 6.72. The van der Waals surface area contributed by atoms with E-state index in [0.29, 0.717) is 6.54 Å². The standard InChI is InChI=1S/C17H23FN4S.HI/c1-4-19-17(22-11-16-21-10-13(3)23-16)20-8-7-14-5-6-15(18)9-12(14)2;/h5-6,9-10H,4,7-8,11H2,1-3H3,(H2,19,20,22);1H. The average molecular weight is 462 g/mol.